The largest absolute Gasteiger partial charge is 0.497 e. The van der Waals surface area contributed by atoms with Gasteiger partial charge in [0.05, 0.1) is 7.11 Å². The molecular weight excluding hydrogens is 398 g/mol. The predicted molar refractivity (Wildman–Crippen MR) is 108 cm³/mol. The predicted octanol–water partition coefficient (Wildman–Crippen LogP) is 1.03. The molecule has 0 unspecified atom stereocenters. The molecule has 0 radical (unpaired) electrons. The number of hydrogen-bond donors (Lipinski definition) is 2. The van der Waals surface area contributed by atoms with E-state index >= 15 is 0 Å². The second-order valence-electron chi connectivity index (χ2n) is 6.34. The zero-order valence-corrected chi connectivity index (χ0v) is 17.4. The average molecular weight is 423 g/mol. The number of amides is 4. The van der Waals surface area contributed by atoms with E-state index in [1.165, 1.54) is 25.8 Å². The fourth-order valence-corrected chi connectivity index (χ4v) is 3.15. The fraction of sp³-hybridized carbons (Fsp3) is 0.474. The first-order chi connectivity index (χ1) is 13.9. The summed E-state index contributed by atoms with van der Waals surface area (Å²) >= 11 is 1.52. The van der Waals surface area contributed by atoms with Crippen LogP contribution in [0.4, 0.5) is 4.79 Å². The Balaban J connectivity index is 2.01. The molecule has 2 atom stereocenters. The van der Waals surface area contributed by atoms with Crippen molar-refractivity contribution in [1.29, 1.82) is 0 Å². The second-order valence-corrected chi connectivity index (χ2v) is 7.32. The summed E-state index contributed by atoms with van der Waals surface area (Å²) in [7, 11) is 1.53. The quantitative estimate of drug-likeness (QED) is 0.570. The highest BCUT2D eigenvalue weighted by molar-refractivity contribution is 7.98. The zero-order chi connectivity index (χ0) is 21.4. The molecule has 2 rings (SSSR count). The number of thioether (sulfide) groups is 1. The van der Waals surface area contributed by atoms with E-state index in [9.17, 15) is 19.2 Å². The molecule has 0 aliphatic carbocycles. The maximum atomic E-state index is 12.6. The highest BCUT2D eigenvalue weighted by Gasteiger charge is 2.33. The summed E-state index contributed by atoms with van der Waals surface area (Å²) in [4.78, 5) is 50.0. The summed E-state index contributed by atoms with van der Waals surface area (Å²) < 4.78 is 10.3. The number of ether oxygens (including phenoxy) is 2. The molecule has 1 heterocycles. The number of hydrogen-bond acceptors (Lipinski definition) is 7. The summed E-state index contributed by atoms with van der Waals surface area (Å²) in [5, 5.41) is 5.17. The molecule has 1 aliphatic heterocycles. The normalized spacial score (nSPS) is 15.3. The van der Waals surface area contributed by atoms with Gasteiger partial charge < -0.3 is 20.1 Å². The first-order valence-electron chi connectivity index (χ1n) is 9.11. The Morgan fingerprint density at radius 3 is 2.52 bits per heavy atom. The number of methoxy groups -OCH3 is 1. The molecule has 0 saturated carbocycles. The second kappa shape index (κ2) is 10.7. The van der Waals surface area contributed by atoms with Gasteiger partial charge in [-0.05, 0) is 49.6 Å². The van der Waals surface area contributed by atoms with Crippen molar-refractivity contribution in [2.75, 3.05) is 32.2 Å². The Kier molecular flexibility index (Phi) is 8.32. The van der Waals surface area contributed by atoms with Crippen molar-refractivity contribution >= 4 is 35.6 Å². The molecule has 9 nitrogen and oxygen atoms in total. The summed E-state index contributed by atoms with van der Waals surface area (Å²) in [5.74, 6) is -0.536. The van der Waals surface area contributed by atoms with Gasteiger partial charge in [-0.3, -0.25) is 14.5 Å². The molecular formula is C19H25N3O6S. The van der Waals surface area contributed by atoms with Crippen LogP contribution in [0, 0.1) is 0 Å². The van der Waals surface area contributed by atoms with Gasteiger partial charge in [0, 0.05) is 18.7 Å². The van der Waals surface area contributed by atoms with Crippen molar-refractivity contribution in [3.8, 4) is 5.75 Å². The van der Waals surface area contributed by atoms with Gasteiger partial charge in [-0.25, -0.2) is 9.59 Å². The Hall–Kier alpha value is -2.75. The van der Waals surface area contributed by atoms with Crippen LogP contribution in [0.1, 0.15) is 23.7 Å². The monoisotopic (exact) mass is 423 g/mol. The van der Waals surface area contributed by atoms with Gasteiger partial charge in [0.2, 0.25) is 0 Å². The maximum absolute atomic E-state index is 12.6. The van der Waals surface area contributed by atoms with Crippen molar-refractivity contribution < 1.29 is 28.7 Å². The molecule has 29 heavy (non-hydrogen) atoms. The van der Waals surface area contributed by atoms with Crippen molar-refractivity contribution in [2.45, 2.75) is 25.5 Å². The van der Waals surface area contributed by atoms with Gasteiger partial charge in [0.25, 0.3) is 11.8 Å². The van der Waals surface area contributed by atoms with Crippen molar-refractivity contribution in [1.82, 2.24) is 15.5 Å². The Labute approximate surface area is 173 Å². The lowest BCUT2D eigenvalue weighted by molar-refractivity contribution is -0.159. The van der Waals surface area contributed by atoms with Crippen LogP contribution in [-0.2, 0) is 14.3 Å². The van der Waals surface area contributed by atoms with Gasteiger partial charge >= 0.3 is 12.0 Å². The molecule has 0 aromatic heterocycles. The SMILES string of the molecule is COc1ccc(C(=O)N[C@@H](CCSC)C(=O)O[C@H](C)C(=O)N2CCNC2=O)cc1. The Bertz CT molecular complexity index is 755. The van der Waals surface area contributed by atoms with Crippen LogP contribution in [0.25, 0.3) is 0 Å². The van der Waals surface area contributed by atoms with E-state index in [0.29, 0.717) is 30.0 Å². The standard InChI is InChI=1S/C19H25N3O6S/c1-12(17(24)22-10-9-20-19(22)26)28-18(25)15(8-11-29-3)21-16(23)13-4-6-14(27-2)7-5-13/h4-7,12,15H,8-11H2,1-3H3,(H,20,26)(H,21,23)/t12-,15+/m1/s1. The number of esters is 1. The molecule has 2 N–H and O–H groups in total. The number of rotatable bonds is 9. The van der Waals surface area contributed by atoms with Crippen molar-refractivity contribution in [3.63, 3.8) is 0 Å². The minimum Gasteiger partial charge on any atom is -0.497 e. The minimum atomic E-state index is -1.14. The molecule has 1 aromatic carbocycles. The third-order valence-electron chi connectivity index (χ3n) is 4.32. The van der Waals surface area contributed by atoms with E-state index in [1.54, 1.807) is 24.3 Å². The zero-order valence-electron chi connectivity index (χ0n) is 16.6. The molecule has 0 bridgehead atoms. The summed E-state index contributed by atoms with van der Waals surface area (Å²) in [6.07, 6.45) is 1.08. The number of nitrogens with one attached hydrogen (secondary N) is 2. The fourth-order valence-electron chi connectivity index (χ4n) is 2.68. The highest BCUT2D eigenvalue weighted by atomic mass is 32.2. The van der Waals surface area contributed by atoms with Crippen LogP contribution in [0.15, 0.2) is 24.3 Å². The molecule has 1 aromatic rings. The summed E-state index contributed by atoms with van der Waals surface area (Å²) in [5.41, 5.74) is 0.366. The molecule has 1 fully saturated rings. The molecule has 0 spiro atoms. The van der Waals surface area contributed by atoms with Gasteiger partial charge in [0.1, 0.15) is 11.8 Å². The van der Waals surface area contributed by atoms with Crippen LogP contribution in [0.5, 0.6) is 5.75 Å². The van der Waals surface area contributed by atoms with E-state index < -0.39 is 36.0 Å². The number of carbonyl (C=O) groups is 4. The highest BCUT2D eigenvalue weighted by Crippen LogP contribution is 2.13. The van der Waals surface area contributed by atoms with Gasteiger partial charge in [0.15, 0.2) is 6.10 Å². The van der Waals surface area contributed by atoms with E-state index in [2.05, 4.69) is 10.6 Å². The summed E-state index contributed by atoms with van der Waals surface area (Å²) in [6.45, 7) is 1.99. The van der Waals surface area contributed by atoms with E-state index in [0.717, 1.165) is 4.90 Å². The lowest BCUT2D eigenvalue weighted by Crippen LogP contribution is -2.46. The Morgan fingerprint density at radius 1 is 1.28 bits per heavy atom. The van der Waals surface area contributed by atoms with E-state index in [1.807, 2.05) is 6.26 Å². The van der Waals surface area contributed by atoms with Crippen molar-refractivity contribution in [3.05, 3.63) is 29.8 Å². The third-order valence-corrected chi connectivity index (χ3v) is 4.96. The van der Waals surface area contributed by atoms with Gasteiger partial charge in [-0.15, -0.1) is 0 Å². The molecule has 158 valence electrons. The van der Waals surface area contributed by atoms with Gasteiger partial charge in [-0.2, -0.15) is 11.8 Å². The van der Waals surface area contributed by atoms with Crippen LogP contribution >= 0.6 is 11.8 Å². The average Bonchev–Trinajstić information content (AvgIpc) is 3.15. The number of carbonyl (C=O) groups excluding carboxylic acids is 4. The van der Waals surface area contributed by atoms with Crippen LogP contribution in [-0.4, -0.2) is 73.1 Å². The lowest BCUT2D eigenvalue weighted by Gasteiger charge is -2.22. The lowest BCUT2D eigenvalue weighted by atomic mass is 10.1. The van der Waals surface area contributed by atoms with Crippen LogP contribution in [0.2, 0.25) is 0 Å². The van der Waals surface area contributed by atoms with Crippen LogP contribution < -0.4 is 15.4 Å². The molecule has 10 heteroatoms. The number of imide groups is 1. The Morgan fingerprint density at radius 2 is 1.97 bits per heavy atom. The first kappa shape index (κ1) is 22.5. The third kappa shape index (κ3) is 6.11. The maximum Gasteiger partial charge on any atom is 0.329 e. The van der Waals surface area contributed by atoms with Gasteiger partial charge in [-0.1, -0.05) is 0 Å². The van der Waals surface area contributed by atoms with E-state index in [4.69, 9.17) is 9.47 Å². The number of nitrogens with zero attached hydrogens (tertiary/aromatic N) is 1. The molecule has 1 aliphatic rings. The number of benzene rings is 1. The topological polar surface area (TPSA) is 114 Å². The molecule has 1 saturated heterocycles. The first-order valence-corrected chi connectivity index (χ1v) is 10.5. The summed E-state index contributed by atoms with van der Waals surface area (Å²) in [6, 6.07) is 5.04. The number of urea groups is 1. The van der Waals surface area contributed by atoms with Crippen molar-refractivity contribution in [2.24, 2.45) is 0 Å². The van der Waals surface area contributed by atoms with E-state index in [-0.39, 0.29) is 6.54 Å². The van der Waals surface area contributed by atoms with Crippen LogP contribution in [0.3, 0.4) is 0 Å². The minimum absolute atomic E-state index is 0.226. The smallest absolute Gasteiger partial charge is 0.329 e. The molecule has 4 amide bonds.